The van der Waals surface area contributed by atoms with E-state index < -0.39 is 0 Å². The van der Waals surface area contributed by atoms with Gasteiger partial charge in [0.05, 0.1) is 0 Å². The van der Waals surface area contributed by atoms with Crippen molar-refractivity contribution in [3.8, 4) is 0 Å². The van der Waals surface area contributed by atoms with Gasteiger partial charge in [-0.3, -0.25) is 4.79 Å². The number of hydrogen-bond acceptors (Lipinski definition) is 1. The number of halogens is 1. The van der Waals surface area contributed by atoms with Gasteiger partial charge in [-0.25, -0.2) is 0 Å². The summed E-state index contributed by atoms with van der Waals surface area (Å²) >= 11 is 3.44. The van der Waals surface area contributed by atoms with Gasteiger partial charge in [-0.05, 0) is 22.9 Å². The molecule has 2 heteroatoms. The molecule has 2 rings (SSSR count). The number of hydrogen-bond donors (Lipinski definition) is 0. The van der Waals surface area contributed by atoms with Gasteiger partial charge in [0.1, 0.15) is 0 Å². The van der Waals surface area contributed by atoms with Crippen molar-refractivity contribution in [2.75, 3.05) is 0 Å². The molecular formula is C11H6BrO. The predicted molar refractivity (Wildman–Crippen MR) is 56.4 cm³/mol. The van der Waals surface area contributed by atoms with Crippen molar-refractivity contribution in [2.45, 2.75) is 0 Å². The van der Waals surface area contributed by atoms with E-state index in [0.29, 0.717) is 5.56 Å². The molecule has 0 aromatic heterocycles. The van der Waals surface area contributed by atoms with E-state index >= 15 is 0 Å². The third-order valence-corrected chi connectivity index (χ3v) is 2.64. The van der Waals surface area contributed by atoms with Crippen LogP contribution in [0.4, 0.5) is 0 Å². The zero-order valence-electron chi connectivity index (χ0n) is 6.75. The smallest absolute Gasteiger partial charge is 0.233 e. The molecule has 0 heterocycles. The van der Waals surface area contributed by atoms with E-state index in [9.17, 15) is 4.79 Å². The van der Waals surface area contributed by atoms with E-state index in [2.05, 4.69) is 15.9 Å². The molecule has 0 unspecified atom stereocenters. The highest BCUT2D eigenvalue weighted by atomic mass is 79.9. The second-order valence-electron chi connectivity index (χ2n) is 2.78. The Morgan fingerprint density at radius 3 is 2.77 bits per heavy atom. The summed E-state index contributed by atoms with van der Waals surface area (Å²) in [6.07, 6.45) is 1.87. The fourth-order valence-corrected chi connectivity index (χ4v) is 1.82. The molecule has 0 fully saturated rings. The zero-order valence-corrected chi connectivity index (χ0v) is 8.34. The lowest BCUT2D eigenvalue weighted by Crippen LogP contribution is -1.80. The van der Waals surface area contributed by atoms with E-state index in [1.165, 1.54) is 0 Å². The molecule has 0 aliphatic rings. The van der Waals surface area contributed by atoms with Crippen molar-refractivity contribution in [1.29, 1.82) is 0 Å². The minimum absolute atomic E-state index is 0.589. The van der Waals surface area contributed by atoms with Gasteiger partial charge in [0.15, 0.2) is 0 Å². The van der Waals surface area contributed by atoms with Crippen LogP contribution in [0.3, 0.4) is 0 Å². The first kappa shape index (κ1) is 8.45. The van der Waals surface area contributed by atoms with Crippen LogP contribution in [0.2, 0.25) is 0 Å². The van der Waals surface area contributed by atoms with Crippen LogP contribution >= 0.6 is 15.9 Å². The fourth-order valence-electron chi connectivity index (χ4n) is 1.31. The van der Waals surface area contributed by atoms with Gasteiger partial charge in [-0.1, -0.05) is 40.2 Å². The van der Waals surface area contributed by atoms with Crippen molar-refractivity contribution in [3.05, 3.63) is 46.4 Å². The summed E-state index contributed by atoms with van der Waals surface area (Å²) < 4.78 is 1.04. The molecule has 0 saturated carbocycles. The monoisotopic (exact) mass is 233 g/mol. The molecule has 0 saturated heterocycles. The zero-order chi connectivity index (χ0) is 9.26. The molecule has 0 aliphatic heterocycles. The van der Waals surface area contributed by atoms with Crippen LogP contribution in [-0.2, 0) is 4.79 Å². The molecule has 0 atom stereocenters. The van der Waals surface area contributed by atoms with E-state index in [1.807, 2.05) is 36.6 Å². The number of carbonyl (C=O) groups excluding carboxylic acids is 1. The highest BCUT2D eigenvalue weighted by molar-refractivity contribution is 9.10. The summed E-state index contributed by atoms with van der Waals surface area (Å²) in [7, 11) is 0. The second-order valence-corrected chi connectivity index (χ2v) is 3.63. The molecule has 0 amide bonds. The SMILES string of the molecule is O=[C]c1ccc2c(Br)cccc2c1. The molecule has 63 valence electrons. The van der Waals surface area contributed by atoms with Gasteiger partial charge in [0.25, 0.3) is 0 Å². The van der Waals surface area contributed by atoms with Crippen LogP contribution in [0.25, 0.3) is 10.8 Å². The van der Waals surface area contributed by atoms with Gasteiger partial charge in [-0.15, -0.1) is 0 Å². The fraction of sp³-hybridized carbons (Fsp3) is 0. The molecule has 2 aromatic rings. The van der Waals surface area contributed by atoms with Crippen molar-refractivity contribution < 1.29 is 4.79 Å². The van der Waals surface area contributed by atoms with Crippen LogP contribution in [0.5, 0.6) is 0 Å². The molecule has 0 aliphatic carbocycles. The van der Waals surface area contributed by atoms with Crippen LogP contribution in [-0.4, -0.2) is 6.29 Å². The highest BCUT2D eigenvalue weighted by Gasteiger charge is 1.98. The standard InChI is InChI=1S/C11H6BrO/c12-11-3-1-2-9-6-8(7-13)4-5-10(9)11/h1-6H. The third-order valence-electron chi connectivity index (χ3n) is 1.95. The van der Waals surface area contributed by atoms with Gasteiger partial charge in [-0.2, -0.15) is 0 Å². The molecule has 1 nitrogen and oxygen atoms in total. The third kappa shape index (κ3) is 1.49. The van der Waals surface area contributed by atoms with Gasteiger partial charge < -0.3 is 0 Å². The Balaban J connectivity index is 2.79. The largest absolute Gasteiger partial charge is 0.285 e. The summed E-state index contributed by atoms with van der Waals surface area (Å²) in [6, 6.07) is 11.4. The van der Waals surface area contributed by atoms with Crippen molar-refractivity contribution in [2.24, 2.45) is 0 Å². The Hall–Kier alpha value is -1.15. The van der Waals surface area contributed by atoms with Crippen LogP contribution in [0.15, 0.2) is 40.9 Å². The Bertz CT molecular complexity index is 463. The predicted octanol–water partition coefficient (Wildman–Crippen LogP) is 3.06. The molecule has 2 aromatic carbocycles. The van der Waals surface area contributed by atoms with E-state index in [1.54, 1.807) is 6.07 Å². The van der Waals surface area contributed by atoms with Gasteiger partial charge in [0, 0.05) is 10.0 Å². The summed E-state index contributed by atoms with van der Waals surface area (Å²) in [5, 5.41) is 2.16. The number of fused-ring (bicyclic) bond motifs is 1. The normalized spacial score (nSPS) is 10.2. The van der Waals surface area contributed by atoms with Crippen molar-refractivity contribution >= 4 is 33.0 Å². The summed E-state index contributed by atoms with van der Waals surface area (Å²) in [5.74, 6) is 0. The highest BCUT2D eigenvalue weighted by Crippen LogP contribution is 2.23. The Labute approximate surface area is 84.5 Å². The molecule has 0 bridgehead atoms. The lowest BCUT2D eigenvalue weighted by Gasteiger charge is -1.99. The van der Waals surface area contributed by atoms with E-state index in [0.717, 1.165) is 15.2 Å². The molecule has 0 N–H and O–H groups in total. The molecular weight excluding hydrogens is 228 g/mol. The first-order chi connectivity index (χ1) is 6.31. The minimum atomic E-state index is 0.589. The van der Waals surface area contributed by atoms with Crippen LogP contribution < -0.4 is 0 Å². The maximum Gasteiger partial charge on any atom is 0.233 e. The lowest BCUT2D eigenvalue weighted by molar-refractivity contribution is 0.563. The van der Waals surface area contributed by atoms with Crippen molar-refractivity contribution in [1.82, 2.24) is 0 Å². The Morgan fingerprint density at radius 2 is 2.00 bits per heavy atom. The first-order valence-electron chi connectivity index (χ1n) is 3.88. The lowest BCUT2D eigenvalue weighted by atomic mass is 10.1. The first-order valence-corrected chi connectivity index (χ1v) is 4.67. The Morgan fingerprint density at radius 1 is 1.15 bits per heavy atom. The molecule has 13 heavy (non-hydrogen) atoms. The minimum Gasteiger partial charge on any atom is -0.285 e. The number of rotatable bonds is 1. The summed E-state index contributed by atoms with van der Waals surface area (Å²) in [4.78, 5) is 10.4. The quantitative estimate of drug-likeness (QED) is 0.741. The van der Waals surface area contributed by atoms with E-state index in [-0.39, 0.29) is 0 Å². The van der Waals surface area contributed by atoms with Gasteiger partial charge >= 0.3 is 0 Å². The summed E-state index contributed by atoms with van der Waals surface area (Å²) in [5.41, 5.74) is 0.589. The van der Waals surface area contributed by atoms with Crippen LogP contribution in [0.1, 0.15) is 5.56 Å². The average Bonchev–Trinajstić information content (AvgIpc) is 2.18. The maximum absolute atomic E-state index is 10.4. The molecule has 0 spiro atoms. The van der Waals surface area contributed by atoms with Gasteiger partial charge in [0.2, 0.25) is 6.29 Å². The average molecular weight is 234 g/mol. The topological polar surface area (TPSA) is 17.1 Å². The van der Waals surface area contributed by atoms with E-state index in [4.69, 9.17) is 0 Å². The molecule has 1 radical (unpaired) electrons. The number of benzene rings is 2. The van der Waals surface area contributed by atoms with Crippen LogP contribution in [0, 0.1) is 0 Å². The maximum atomic E-state index is 10.4. The Kier molecular flexibility index (Phi) is 2.15. The summed E-state index contributed by atoms with van der Waals surface area (Å²) in [6.45, 7) is 0. The van der Waals surface area contributed by atoms with Crippen molar-refractivity contribution in [3.63, 3.8) is 0 Å². The second kappa shape index (κ2) is 3.30.